The molecule has 2 amide bonds. The fourth-order valence-electron chi connectivity index (χ4n) is 4.13. The van der Waals surface area contributed by atoms with Gasteiger partial charge in [0.05, 0.1) is 16.7 Å². The van der Waals surface area contributed by atoms with Gasteiger partial charge >= 0.3 is 0 Å². The number of nitrogens with two attached hydrogens (primary N) is 1. The maximum atomic E-state index is 13.2. The molecule has 8 nitrogen and oxygen atoms in total. The van der Waals surface area contributed by atoms with Crippen molar-refractivity contribution in [2.24, 2.45) is 11.7 Å². The van der Waals surface area contributed by atoms with Gasteiger partial charge in [-0.25, -0.2) is 4.98 Å². The molecule has 4 rings (SSSR count). The summed E-state index contributed by atoms with van der Waals surface area (Å²) in [5, 5.41) is 0.758. The molecule has 0 radical (unpaired) electrons. The number of hydrogen-bond acceptors (Lipinski definition) is 6. The van der Waals surface area contributed by atoms with E-state index in [4.69, 9.17) is 5.73 Å². The fourth-order valence-corrected chi connectivity index (χ4v) is 5.30. The van der Waals surface area contributed by atoms with Crippen molar-refractivity contribution < 1.29 is 14.4 Å². The maximum absolute atomic E-state index is 13.2. The molecule has 1 fully saturated rings. The minimum atomic E-state index is -0.337. The minimum Gasteiger partial charge on any atom is -0.369 e. The zero-order valence-corrected chi connectivity index (χ0v) is 21.9. The molecule has 0 aliphatic carbocycles. The first-order chi connectivity index (χ1) is 17.3. The van der Waals surface area contributed by atoms with Crippen LogP contribution in [0.5, 0.6) is 0 Å². The SMILES string of the molecule is C=CCn1c(SCC(=O)c2ccc(Br)cc2)nc2cc(C(=O)N3CCC(C(N)=O)CC3)ccc2c1=O. The van der Waals surface area contributed by atoms with E-state index in [2.05, 4.69) is 27.5 Å². The van der Waals surface area contributed by atoms with E-state index in [1.165, 1.54) is 16.3 Å². The van der Waals surface area contributed by atoms with E-state index in [0.29, 0.717) is 53.1 Å². The second kappa shape index (κ2) is 11.2. The summed E-state index contributed by atoms with van der Waals surface area (Å²) in [4.78, 5) is 56.7. The highest BCUT2D eigenvalue weighted by Crippen LogP contribution is 2.23. The summed E-state index contributed by atoms with van der Waals surface area (Å²) in [6, 6.07) is 11.9. The van der Waals surface area contributed by atoms with Crippen LogP contribution in [-0.2, 0) is 11.3 Å². The van der Waals surface area contributed by atoms with Crippen LogP contribution in [0.25, 0.3) is 10.9 Å². The van der Waals surface area contributed by atoms with E-state index < -0.39 is 0 Å². The normalized spacial score (nSPS) is 14.1. The predicted octanol–water partition coefficient (Wildman–Crippen LogP) is 3.66. The summed E-state index contributed by atoms with van der Waals surface area (Å²) in [7, 11) is 0. The molecule has 0 atom stereocenters. The average molecular weight is 569 g/mol. The Balaban J connectivity index is 1.60. The van der Waals surface area contributed by atoms with Crippen LogP contribution in [0, 0.1) is 5.92 Å². The Morgan fingerprint density at radius 2 is 1.78 bits per heavy atom. The molecule has 186 valence electrons. The molecule has 0 unspecified atom stereocenters. The number of primary amides is 1. The molecular formula is C26H25BrN4O4S. The van der Waals surface area contributed by atoms with E-state index in [-0.39, 0.29) is 41.4 Å². The van der Waals surface area contributed by atoms with Crippen LogP contribution in [-0.4, -0.2) is 50.9 Å². The number of carbonyl (C=O) groups excluding carboxylic acids is 3. The standard InChI is InChI=1S/C26H25BrN4O4S/c1-2-11-31-25(35)20-8-5-18(24(34)30-12-9-17(10-13-30)23(28)33)14-21(20)29-26(31)36-15-22(32)16-3-6-19(27)7-4-16/h2-8,14,17H,1,9-13,15H2,(H2,28,33). The number of hydrogen-bond donors (Lipinski definition) is 1. The second-order valence-electron chi connectivity index (χ2n) is 8.52. The number of Topliss-reactive ketones (excluding diaryl/α,β-unsaturated/α-hetero) is 1. The van der Waals surface area contributed by atoms with Crippen LogP contribution in [0.15, 0.2) is 69.5 Å². The molecule has 0 spiro atoms. The Hall–Kier alpha value is -3.24. The van der Waals surface area contributed by atoms with Gasteiger partial charge in [-0.05, 0) is 43.2 Å². The van der Waals surface area contributed by atoms with E-state index in [1.807, 2.05) is 0 Å². The monoisotopic (exact) mass is 568 g/mol. The molecule has 2 heterocycles. The third-order valence-electron chi connectivity index (χ3n) is 6.16. The predicted molar refractivity (Wildman–Crippen MR) is 143 cm³/mol. The molecule has 1 saturated heterocycles. The summed E-state index contributed by atoms with van der Waals surface area (Å²) in [5.41, 5.74) is 6.49. The number of benzene rings is 2. The van der Waals surface area contributed by atoms with Crippen molar-refractivity contribution in [1.29, 1.82) is 0 Å². The molecule has 2 N–H and O–H groups in total. The van der Waals surface area contributed by atoms with Crippen molar-refractivity contribution in [1.82, 2.24) is 14.5 Å². The number of piperidine rings is 1. The van der Waals surface area contributed by atoms with Crippen LogP contribution >= 0.6 is 27.7 Å². The topological polar surface area (TPSA) is 115 Å². The lowest BCUT2D eigenvalue weighted by Gasteiger charge is -2.30. The molecule has 1 aliphatic heterocycles. The van der Waals surface area contributed by atoms with Crippen molar-refractivity contribution >= 4 is 56.2 Å². The van der Waals surface area contributed by atoms with Crippen molar-refractivity contribution in [3.8, 4) is 0 Å². The molecule has 3 aromatic rings. The van der Waals surface area contributed by atoms with Crippen LogP contribution in [0.3, 0.4) is 0 Å². The number of halogens is 1. The van der Waals surface area contributed by atoms with Crippen molar-refractivity contribution in [2.45, 2.75) is 24.5 Å². The van der Waals surface area contributed by atoms with Gasteiger partial charge in [0, 0.05) is 41.2 Å². The Bertz CT molecular complexity index is 1400. The van der Waals surface area contributed by atoms with E-state index in [0.717, 1.165) is 4.47 Å². The Kier molecular flexibility index (Phi) is 8.05. The smallest absolute Gasteiger partial charge is 0.262 e. The van der Waals surface area contributed by atoms with Gasteiger partial charge in [0.15, 0.2) is 10.9 Å². The number of thioether (sulfide) groups is 1. The molecule has 2 aromatic carbocycles. The summed E-state index contributed by atoms with van der Waals surface area (Å²) >= 11 is 4.53. The minimum absolute atomic E-state index is 0.0877. The van der Waals surface area contributed by atoms with Crippen LogP contribution in [0.1, 0.15) is 33.6 Å². The maximum Gasteiger partial charge on any atom is 0.262 e. The summed E-state index contributed by atoms with van der Waals surface area (Å²) < 4.78 is 2.36. The third kappa shape index (κ3) is 5.60. The van der Waals surface area contributed by atoms with E-state index in [9.17, 15) is 19.2 Å². The van der Waals surface area contributed by atoms with Crippen LogP contribution in [0.2, 0.25) is 0 Å². The van der Waals surface area contributed by atoms with Crippen LogP contribution < -0.4 is 11.3 Å². The number of nitrogens with zero attached hydrogens (tertiary/aromatic N) is 3. The number of allylic oxidation sites excluding steroid dienone is 1. The molecule has 0 saturated carbocycles. The van der Waals surface area contributed by atoms with Crippen molar-refractivity contribution in [3.63, 3.8) is 0 Å². The van der Waals surface area contributed by atoms with Gasteiger partial charge < -0.3 is 10.6 Å². The van der Waals surface area contributed by atoms with Gasteiger partial charge in [0.2, 0.25) is 5.91 Å². The highest BCUT2D eigenvalue weighted by molar-refractivity contribution is 9.10. The van der Waals surface area contributed by atoms with Crippen molar-refractivity contribution in [2.75, 3.05) is 18.8 Å². The van der Waals surface area contributed by atoms with Gasteiger partial charge in [-0.2, -0.15) is 0 Å². The van der Waals surface area contributed by atoms with E-state index in [1.54, 1.807) is 53.4 Å². The van der Waals surface area contributed by atoms with Gasteiger partial charge in [-0.1, -0.05) is 45.9 Å². The number of ketones is 1. The largest absolute Gasteiger partial charge is 0.369 e. The fraction of sp³-hybridized carbons (Fsp3) is 0.269. The quantitative estimate of drug-likeness (QED) is 0.192. The van der Waals surface area contributed by atoms with E-state index >= 15 is 0 Å². The Morgan fingerprint density at radius 1 is 1.11 bits per heavy atom. The number of amides is 2. The first kappa shape index (κ1) is 25.8. The summed E-state index contributed by atoms with van der Waals surface area (Å²) in [5.74, 6) is -0.719. The number of fused-ring (bicyclic) bond motifs is 1. The van der Waals surface area contributed by atoms with Gasteiger partial charge in [0.25, 0.3) is 11.5 Å². The van der Waals surface area contributed by atoms with Crippen molar-refractivity contribution in [3.05, 3.63) is 81.1 Å². The van der Waals surface area contributed by atoms with Gasteiger partial charge in [-0.3, -0.25) is 23.7 Å². The average Bonchev–Trinajstić information content (AvgIpc) is 2.89. The number of rotatable bonds is 8. The molecule has 1 aliphatic rings. The highest BCUT2D eigenvalue weighted by Gasteiger charge is 2.27. The first-order valence-electron chi connectivity index (χ1n) is 11.4. The second-order valence-corrected chi connectivity index (χ2v) is 10.4. The number of aromatic nitrogens is 2. The number of carbonyl (C=O) groups is 3. The molecule has 10 heteroatoms. The lowest BCUT2D eigenvalue weighted by molar-refractivity contribution is -0.123. The lowest BCUT2D eigenvalue weighted by atomic mass is 9.96. The summed E-state index contributed by atoms with van der Waals surface area (Å²) in [6.45, 7) is 4.85. The molecule has 1 aromatic heterocycles. The molecular weight excluding hydrogens is 544 g/mol. The zero-order chi connectivity index (χ0) is 25.8. The number of likely N-dealkylation sites (tertiary alicyclic amines) is 1. The van der Waals surface area contributed by atoms with Crippen LogP contribution in [0.4, 0.5) is 0 Å². The Morgan fingerprint density at radius 3 is 2.42 bits per heavy atom. The molecule has 0 bridgehead atoms. The summed E-state index contributed by atoms with van der Waals surface area (Å²) in [6.07, 6.45) is 2.67. The zero-order valence-electron chi connectivity index (χ0n) is 19.5. The Labute approximate surface area is 220 Å². The third-order valence-corrected chi connectivity index (χ3v) is 7.67. The first-order valence-corrected chi connectivity index (χ1v) is 13.2. The van der Waals surface area contributed by atoms with Gasteiger partial charge in [0.1, 0.15) is 0 Å². The highest BCUT2D eigenvalue weighted by atomic mass is 79.9. The molecule has 36 heavy (non-hydrogen) atoms. The van der Waals surface area contributed by atoms with Gasteiger partial charge in [-0.15, -0.1) is 6.58 Å². The lowest BCUT2D eigenvalue weighted by Crippen LogP contribution is -2.41.